The van der Waals surface area contributed by atoms with Crippen molar-refractivity contribution in [2.75, 3.05) is 0 Å². The molecule has 0 atom stereocenters. The number of ether oxygens (including phenoxy) is 1. The number of thiophene rings is 1. The van der Waals surface area contributed by atoms with Gasteiger partial charge in [-0.15, -0.1) is 21.5 Å². The second kappa shape index (κ2) is 8.56. The largest absolute Gasteiger partial charge is 0.451 e. The van der Waals surface area contributed by atoms with Gasteiger partial charge < -0.3 is 9.15 Å². The highest BCUT2D eigenvalue weighted by atomic mass is 32.1. The molecule has 0 radical (unpaired) electrons. The molecule has 9 heteroatoms. The van der Waals surface area contributed by atoms with Crippen LogP contribution in [0.2, 0.25) is 0 Å². The fourth-order valence-electron chi connectivity index (χ4n) is 3.26. The van der Waals surface area contributed by atoms with E-state index in [-0.39, 0.29) is 30.3 Å². The Labute approximate surface area is 185 Å². The Bertz CT molecular complexity index is 1440. The average molecular weight is 444 g/mol. The number of carbonyl (C=O) groups excluding carboxylic acids is 1. The van der Waals surface area contributed by atoms with Crippen molar-refractivity contribution in [1.82, 2.24) is 20.0 Å². The van der Waals surface area contributed by atoms with E-state index in [1.807, 2.05) is 47.8 Å². The molecule has 3 aromatic heterocycles. The van der Waals surface area contributed by atoms with Gasteiger partial charge >= 0.3 is 5.97 Å². The molecule has 8 nitrogen and oxygen atoms in total. The van der Waals surface area contributed by atoms with Gasteiger partial charge in [0.1, 0.15) is 0 Å². The van der Waals surface area contributed by atoms with Crippen molar-refractivity contribution >= 4 is 28.1 Å². The molecule has 0 aliphatic heterocycles. The first-order valence-electron chi connectivity index (χ1n) is 9.76. The van der Waals surface area contributed by atoms with E-state index in [4.69, 9.17) is 9.15 Å². The van der Waals surface area contributed by atoms with Gasteiger partial charge in [-0.1, -0.05) is 54.6 Å². The van der Waals surface area contributed by atoms with Crippen LogP contribution in [0.5, 0.6) is 0 Å². The molecule has 5 rings (SSSR count). The van der Waals surface area contributed by atoms with Crippen LogP contribution in [-0.4, -0.2) is 25.9 Å². The lowest BCUT2D eigenvalue weighted by molar-refractivity contribution is 0.0431. The van der Waals surface area contributed by atoms with Gasteiger partial charge in [0, 0.05) is 5.39 Å². The normalized spacial score (nSPS) is 11.0. The summed E-state index contributed by atoms with van der Waals surface area (Å²) < 4.78 is 12.2. The molecule has 0 aliphatic rings. The standard InChI is InChI=1S/C23H16N4O4S/c28-22-17-10-5-4-9-16(17)20(26-27(22)13-15-7-2-1-3-8-15)23(29)30-14-19-24-25-21(31-19)18-11-6-12-32-18/h1-12H,13-14H2. The first-order chi connectivity index (χ1) is 15.7. The Hall–Kier alpha value is -4.11. The minimum absolute atomic E-state index is 0.0501. The maximum Gasteiger partial charge on any atom is 0.359 e. The van der Waals surface area contributed by atoms with Gasteiger partial charge in [0.25, 0.3) is 17.3 Å². The zero-order chi connectivity index (χ0) is 21.9. The first-order valence-corrected chi connectivity index (χ1v) is 10.6. The van der Waals surface area contributed by atoms with Gasteiger partial charge in [-0.25, -0.2) is 9.48 Å². The number of carbonyl (C=O) groups is 1. The summed E-state index contributed by atoms with van der Waals surface area (Å²) in [5.41, 5.74) is 0.663. The Morgan fingerprint density at radius 1 is 0.969 bits per heavy atom. The molecular weight excluding hydrogens is 428 g/mol. The van der Waals surface area contributed by atoms with Crippen molar-refractivity contribution in [3.63, 3.8) is 0 Å². The molecule has 158 valence electrons. The molecule has 0 saturated heterocycles. The summed E-state index contributed by atoms with van der Waals surface area (Å²) >= 11 is 1.47. The maximum absolute atomic E-state index is 12.9. The molecule has 0 saturated carbocycles. The van der Waals surface area contributed by atoms with Gasteiger partial charge in [0.2, 0.25) is 0 Å². The molecule has 0 bridgehead atoms. The number of aromatic nitrogens is 4. The number of rotatable bonds is 6. The van der Waals surface area contributed by atoms with Crippen LogP contribution in [0, 0.1) is 0 Å². The lowest BCUT2D eigenvalue weighted by atomic mass is 10.1. The minimum atomic E-state index is -0.682. The molecule has 3 heterocycles. The van der Waals surface area contributed by atoms with E-state index in [1.165, 1.54) is 16.0 Å². The zero-order valence-electron chi connectivity index (χ0n) is 16.7. The van der Waals surface area contributed by atoms with Crippen LogP contribution in [0.25, 0.3) is 21.5 Å². The van der Waals surface area contributed by atoms with Crippen molar-refractivity contribution in [3.8, 4) is 10.8 Å². The Morgan fingerprint density at radius 2 is 1.75 bits per heavy atom. The summed E-state index contributed by atoms with van der Waals surface area (Å²) in [6, 6.07) is 20.0. The highest BCUT2D eigenvalue weighted by Gasteiger charge is 2.19. The third-order valence-electron chi connectivity index (χ3n) is 4.76. The number of hydrogen-bond acceptors (Lipinski definition) is 8. The van der Waals surface area contributed by atoms with Crippen LogP contribution in [0.4, 0.5) is 0 Å². The highest BCUT2D eigenvalue weighted by Crippen LogP contribution is 2.23. The van der Waals surface area contributed by atoms with E-state index in [0.29, 0.717) is 16.7 Å². The van der Waals surface area contributed by atoms with Gasteiger partial charge in [0.05, 0.1) is 16.8 Å². The molecule has 0 fully saturated rings. The summed E-state index contributed by atoms with van der Waals surface area (Å²) in [4.78, 5) is 26.6. The Kier molecular flexibility index (Phi) is 5.30. The van der Waals surface area contributed by atoms with Crippen LogP contribution in [-0.2, 0) is 17.9 Å². The van der Waals surface area contributed by atoms with Crippen LogP contribution in [0.1, 0.15) is 21.9 Å². The third-order valence-corrected chi connectivity index (χ3v) is 5.62. The van der Waals surface area contributed by atoms with Crippen molar-refractivity contribution < 1.29 is 13.9 Å². The zero-order valence-corrected chi connectivity index (χ0v) is 17.5. The van der Waals surface area contributed by atoms with E-state index in [9.17, 15) is 9.59 Å². The first kappa shape index (κ1) is 19.8. The van der Waals surface area contributed by atoms with Crippen LogP contribution >= 0.6 is 11.3 Å². The SMILES string of the molecule is O=C(OCc1nnc(-c2cccs2)o1)c1nn(Cc2ccccc2)c(=O)c2ccccc12. The summed E-state index contributed by atoms with van der Waals surface area (Å²) in [6.07, 6.45) is 0. The topological polar surface area (TPSA) is 100 Å². The Morgan fingerprint density at radius 3 is 2.53 bits per heavy atom. The fourth-order valence-corrected chi connectivity index (χ4v) is 3.90. The summed E-state index contributed by atoms with van der Waals surface area (Å²) in [7, 11) is 0. The van der Waals surface area contributed by atoms with Gasteiger partial charge in [-0.3, -0.25) is 4.79 Å². The molecule has 0 spiro atoms. The van der Waals surface area contributed by atoms with Gasteiger partial charge in [-0.05, 0) is 23.1 Å². The van der Waals surface area contributed by atoms with Crippen LogP contribution in [0.3, 0.4) is 0 Å². The lowest BCUT2D eigenvalue weighted by Crippen LogP contribution is -2.27. The van der Waals surface area contributed by atoms with Gasteiger partial charge in [0.15, 0.2) is 12.3 Å². The predicted octanol–water partition coefficient (Wildman–Crippen LogP) is 3.91. The van der Waals surface area contributed by atoms with Gasteiger partial charge in [-0.2, -0.15) is 5.10 Å². The monoisotopic (exact) mass is 444 g/mol. The average Bonchev–Trinajstić information content (AvgIpc) is 3.52. The van der Waals surface area contributed by atoms with Crippen LogP contribution in [0.15, 0.2) is 81.3 Å². The molecule has 0 N–H and O–H groups in total. The molecule has 5 aromatic rings. The summed E-state index contributed by atoms with van der Waals surface area (Å²) in [5, 5.41) is 14.9. The molecule has 2 aromatic carbocycles. The second-order valence-electron chi connectivity index (χ2n) is 6.90. The number of hydrogen-bond donors (Lipinski definition) is 0. The summed E-state index contributed by atoms with van der Waals surface area (Å²) in [5.74, 6) is -0.145. The molecule has 32 heavy (non-hydrogen) atoms. The number of benzene rings is 2. The van der Waals surface area contributed by atoms with Crippen molar-refractivity contribution in [3.05, 3.63) is 99.6 Å². The molecular formula is C23H16N4O4S. The van der Waals surface area contributed by atoms with E-state index in [0.717, 1.165) is 10.4 Å². The Balaban J connectivity index is 1.43. The fraction of sp³-hybridized carbons (Fsp3) is 0.0870. The highest BCUT2D eigenvalue weighted by molar-refractivity contribution is 7.13. The molecule has 0 aliphatic carbocycles. The van der Waals surface area contributed by atoms with Crippen molar-refractivity contribution in [2.45, 2.75) is 13.2 Å². The summed E-state index contributed by atoms with van der Waals surface area (Å²) in [6.45, 7) is 0.0314. The predicted molar refractivity (Wildman–Crippen MR) is 118 cm³/mol. The molecule has 0 amide bonds. The lowest BCUT2D eigenvalue weighted by Gasteiger charge is -2.10. The number of nitrogens with zero attached hydrogens (tertiary/aromatic N) is 4. The smallest absolute Gasteiger partial charge is 0.359 e. The quantitative estimate of drug-likeness (QED) is 0.366. The van der Waals surface area contributed by atoms with Crippen LogP contribution < -0.4 is 5.56 Å². The maximum atomic E-state index is 12.9. The molecule has 0 unspecified atom stereocenters. The van der Waals surface area contributed by atoms with E-state index < -0.39 is 5.97 Å². The number of fused-ring (bicyclic) bond motifs is 1. The third kappa shape index (κ3) is 3.93. The van der Waals surface area contributed by atoms with E-state index >= 15 is 0 Å². The van der Waals surface area contributed by atoms with Crippen molar-refractivity contribution in [2.24, 2.45) is 0 Å². The van der Waals surface area contributed by atoms with E-state index in [2.05, 4.69) is 15.3 Å². The van der Waals surface area contributed by atoms with Crippen molar-refractivity contribution in [1.29, 1.82) is 0 Å². The number of esters is 1. The van der Waals surface area contributed by atoms with E-state index in [1.54, 1.807) is 24.3 Å². The second-order valence-corrected chi connectivity index (χ2v) is 7.84. The minimum Gasteiger partial charge on any atom is -0.451 e.